The van der Waals surface area contributed by atoms with Crippen molar-refractivity contribution in [3.63, 3.8) is 0 Å². The quantitative estimate of drug-likeness (QED) is 0.840. The number of benzene rings is 1. The van der Waals surface area contributed by atoms with Gasteiger partial charge in [0.2, 0.25) is 0 Å². The number of carbonyl (C=O) groups is 1. The second-order valence-corrected chi connectivity index (χ2v) is 5.13. The standard InChI is InChI=1S/C16H17N3O/c1-19(16(20)14-9-5-11-17-18-14)15-10-4-7-12-6-2-3-8-13(12)15/h2-3,5-6,8-9,11,15H,4,7,10H2,1H3/t15-/m1/s1. The summed E-state index contributed by atoms with van der Waals surface area (Å²) < 4.78 is 0. The minimum atomic E-state index is -0.0696. The van der Waals surface area contributed by atoms with Crippen LogP contribution in [-0.2, 0) is 6.42 Å². The number of fused-ring (bicyclic) bond motifs is 1. The van der Waals surface area contributed by atoms with Crippen molar-refractivity contribution in [3.8, 4) is 0 Å². The Hall–Kier alpha value is -2.23. The van der Waals surface area contributed by atoms with Crippen molar-refractivity contribution in [2.75, 3.05) is 7.05 Å². The van der Waals surface area contributed by atoms with Gasteiger partial charge < -0.3 is 4.90 Å². The average molecular weight is 267 g/mol. The molecule has 0 N–H and O–H groups in total. The van der Waals surface area contributed by atoms with E-state index in [9.17, 15) is 4.79 Å². The van der Waals surface area contributed by atoms with Crippen LogP contribution in [0, 0.1) is 0 Å². The van der Waals surface area contributed by atoms with E-state index in [2.05, 4.69) is 28.4 Å². The first kappa shape index (κ1) is 12.8. The van der Waals surface area contributed by atoms with Crippen LogP contribution in [0.3, 0.4) is 0 Å². The third kappa shape index (κ3) is 2.29. The van der Waals surface area contributed by atoms with E-state index in [0.717, 1.165) is 19.3 Å². The summed E-state index contributed by atoms with van der Waals surface area (Å²) >= 11 is 0. The molecule has 1 aliphatic carbocycles. The van der Waals surface area contributed by atoms with Gasteiger partial charge in [0, 0.05) is 13.2 Å². The number of hydrogen-bond donors (Lipinski definition) is 0. The van der Waals surface area contributed by atoms with Gasteiger partial charge in [0.1, 0.15) is 0 Å². The lowest BCUT2D eigenvalue weighted by Gasteiger charge is -2.33. The predicted molar refractivity (Wildman–Crippen MR) is 76.2 cm³/mol. The monoisotopic (exact) mass is 267 g/mol. The van der Waals surface area contributed by atoms with Gasteiger partial charge in [0.15, 0.2) is 5.69 Å². The smallest absolute Gasteiger partial charge is 0.274 e. The maximum atomic E-state index is 12.5. The summed E-state index contributed by atoms with van der Waals surface area (Å²) in [4.78, 5) is 14.3. The van der Waals surface area contributed by atoms with E-state index in [4.69, 9.17) is 0 Å². The predicted octanol–water partition coefficient (Wildman–Crippen LogP) is 2.63. The molecule has 1 aromatic heterocycles. The van der Waals surface area contributed by atoms with Gasteiger partial charge in [0.25, 0.3) is 5.91 Å². The lowest BCUT2D eigenvalue weighted by molar-refractivity contribution is 0.0708. The fourth-order valence-corrected chi connectivity index (χ4v) is 2.87. The van der Waals surface area contributed by atoms with Crippen molar-refractivity contribution in [2.45, 2.75) is 25.3 Å². The lowest BCUT2D eigenvalue weighted by atomic mass is 9.87. The summed E-state index contributed by atoms with van der Waals surface area (Å²) in [6, 6.07) is 12.0. The molecule has 4 nitrogen and oxygen atoms in total. The largest absolute Gasteiger partial charge is 0.333 e. The SMILES string of the molecule is CN(C(=O)c1cccnn1)[C@@H]1CCCc2ccccc21. The van der Waals surface area contributed by atoms with Gasteiger partial charge >= 0.3 is 0 Å². The highest BCUT2D eigenvalue weighted by Crippen LogP contribution is 2.33. The topological polar surface area (TPSA) is 46.1 Å². The molecule has 2 aromatic rings. The van der Waals surface area contributed by atoms with Crippen molar-refractivity contribution in [1.82, 2.24) is 15.1 Å². The number of carbonyl (C=O) groups excluding carboxylic acids is 1. The summed E-state index contributed by atoms with van der Waals surface area (Å²) in [5.74, 6) is -0.0696. The van der Waals surface area contributed by atoms with E-state index in [-0.39, 0.29) is 11.9 Å². The Balaban J connectivity index is 1.89. The summed E-state index contributed by atoms with van der Waals surface area (Å²) in [5.41, 5.74) is 3.01. The molecular weight excluding hydrogens is 250 g/mol. The normalized spacial score (nSPS) is 17.4. The van der Waals surface area contributed by atoms with E-state index in [1.807, 2.05) is 13.1 Å². The Morgan fingerprint density at radius 2 is 2.10 bits per heavy atom. The molecule has 4 heteroatoms. The molecule has 0 radical (unpaired) electrons. The number of aryl methyl sites for hydroxylation is 1. The van der Waals surface area contributed by atoms with Crippen molar-refractivity contribution in [2.24, 2.45) is 0 Å². The minimum Gasteiger partial charge on any atom is -0.333 e. The van der Waals surface area contributed by atoms with E-state index in [0.29, 0.717) is 5.69 Å². The molecule has 0 aliphatic heterocycles. The molecular formula is C16H17N3O. The molecule has 1 atom stereocenters. The molecule has 0 fully saturated rings. The summed E-state index contributed by atoms with van der Waals surface area (Å²) in [5, 5.41) is 7.69. The molecule has 3 rings (SSSR count). The van der Waals surface area contributed by atoms with Crippen LogP contribution in [0.25, 0.3) is 0 Å². The van der Waals surface area contributed by atoms with Gasteiger partial charge in [-0.3, -0.25) is 4.79 Å². The molecule has 20 heavy (non-hydrogen) atoms. The fourth-order valence-electron chi connectivity index (χ4n) is 2.87. The van der Waals surface area contributed by atoms with Crippen molar-refractivity contribution >= 4 is 5.91 Å². The maximum Gasteiger partial charge on any atom is 0.274 e. The van der Waals surface area contributed by atoms with Gasteiger partial charge in [-0.05, 0) is 42.5 Å². The third-order valence-electron chi connectivity index (χ3n) is 3.92. The zero-order chi connectivity index (χ0) is 13.9. The summed E-state index contributed by atoms with van der Waals surface area (Å²) in [6.07, 6.45) is 4.78. The lowest BCUT2D eigenvalue weighted by Crippen LogP contribution is -2.33. The average Bonchev–Trinajstić information content (AvgIpc) is 2.54. The molecule has 0 saturated carbocycles. The molecule has 0 spiro atoms. The Morgan fingerprint density at radius 1 is 1.25 bits per heavy atom. The van der Waals surface area contributed by atoms with E-state index in [1.165, 1.54) is 11.1 Å². The highest BCUT2D eigenvalue weighted by molar-refractivity contribution is 5.92. The van der Waals surface area contributed by atoms with Gasteiger partial charge in [-0.2, -0.15) is 5.10 Å². The van der Waals surface area contributed by atoms with Gasteiger partial charge in [-0.15, -0.1) is 5.10 Å². The Morgan fingerprint density at radius 3 is 2.90 bits per heavy atom. The molecule has 1 heterocycles. The molecule has 0 saturated heterocycles. The number of aromatic nitrogens is 2. The second-order valence-electron chi connectivity index (χ2n) is 5.13. The third-order valence-corrected chi connectivity index (χ3v) is 3.92. The first-order chi connectivity index (χ1) is 9.77. The Bertz CT molecular complexity index is 612. The van der Waals surface area contributed by atoms with Crippen LogP contribution in [-0.4, -0.2) is 28.1 Å². The number of nitrogens with zero attached hydrogens (tertiary/aromatic N) is 3. The summed E-state index contributed by atoms with van der Waals surface area (Å²) in [6.45, 7) is 0. The molecule has 102 valence electrons. The van der Waals surface area contributed by atoms with Gasteiger partial charge in [-0.1, -0.05) is 24.3 Å². The van der Waals surface area contributed by atoms with Crippen LogP contribution in [0.5, 0.6) is 0 Å². The molecule has 1 amide bonds. The van der Waals surface area contributed by atoms with Crippen LogP contribution in [0.2, 0.25) is 0 Å². The van der Waals surface area contributed by atoms with E-state index < -0.39 is 0 Å². The Kier molecular flexibility index (Phi) is 3.46. The van der Waals surface area contributed by atoms with Crippen molar-refractivity contribution in [1.29, 1.82) is 0 Å². The Labute approximate surface area is 118 Å². The maximum absolute atomic E-state index is 12.5. The fraction of sp³-hybridized carbons (Fsp3) is 0.312. The second kappa shape index (κ2) is 5.41. The highest BCUT2D eigenvalue weighted by atomic mass is 16.2. The highest BCUT2D eigenvalue weighted by Gasteiger charge is 2.27. The van der Waals surface area contributed by atoms with E-state index in [1.54, 1.807) is 23.2 Å². The van der Waals surface area contributed by atoms with Crippen LogP contribution >= 0.6 is 0 Å². The van der Waals surface area contributed by atoms with Gasteiger partial charge in [0.05, 0.1) is 6.04 Å². The van der Waals surface area contributed by atoms with Crippen LogP contribution in [0.1, 0.15) is 40.5 Å². The van der Waals surface area contributed by atoms with Gasteiger partial charge in [-0.25, -0.2) is 0 Å². The van der Waals surface area contributed by atoms with Crippen molar-refractivity contribution in [3.05, 3.63) is 59.4 Å². The van der Waals surface area contributed by atoms with Crippen LogP contribution < -0.4 is 0 Å². The number of amides is 1. The first-order valence-corrected chi connectivity index (χ1v) is 6.90. The first-order valence-electron chi connectivity index (χ1n) is 6.90. The molecule has 0 bridgehead atoms. The molecule has 1 aromatic carbocycles. The zero-order valence-electron chi connectivity index (χ0n) is 11.5. The number of rotatable bonds is 2. The van der Waals surface area contributed by atoms with Crippen LogP contribution in [0.15, 0.2) is 42.6 Å². The molecule has 1 aliphatic rings. The minimum absolute atomic E-state index is 0.0696. The molecule has 0 unspecified atom stereocenters. The zero-order valence-corrected chi connectivity index (χ0v) is 11.5. The van der Waals surface area contributed by atoms with E-state index >= 15 is 0 Å². The number of hydrogen-bond acceptors (Lipinski definition) is 3. The van der Waals surface area contributed by atoms with Crippen molar-refractivity contribution < 1.29 is 4.79 Å². The summed E-state index contributed by atoms with van der Waals surface area (Å²) in [7, 11) is 1.85. The van der Waals surface area contributed by atoms with Crippen LogP contribution in [0.4, 0.5) is 0 Å².